The van der Waals surface area contributed by atoms with Crippen molar-refractivity contribution in [1.82, 2.24) is 9.78 Å². The quantitative estimate of drug-likeness (QED) is 0.469. The zero-order chi connectivity index (χ0) is 22.8. The van der Waals surface area contributed by atoms with Crippen molar-refractivity contribution >= 4 is 29.0 Å². The van der Waals surface area contributed by atoms with Crippen LogP contribution < -0.4 is 10.6 Å². The van der Waals surface area contributed by atoms with Crippen LogP contribution in [0, 0.1) is 22.5 Å². The Morgan fingerprint density at radius 2 is 1.71 bits per heavy atom. The summed E-state index contributed by atoms with van der Waals surface area (Å²) >= 11 is 0. The molecule has 1 aromatic heterocycles. The zero-order valence-electron chi connectivity index (χ0n) is 17.7. The number of benzene rings is 2. The van der Waals surface area contributed by atoms with Crippen LogP contribution in [0.1, 0.15) is 36.8 Å². The second-order valence-corrected chi connectivity index (χ2v) is 8.10. The van der Waals surface area contributed by atoms with Crippen LogP contribution in [0.25, 0.3) is 5.69 Å². The molecular formula is C22H23N5O4. The smallest absolute Gasteiger partial charge is 0.269 e. The molecule has 0 atom stereocenters. The molecule has 9 heteroatoms. The molecule has 3 aromatic rings. The van der Waals surface area contributed by atoms with E-state index in [1.54, 1.807) is 70.2 Å². The molecule has 0 aliphatic carbocycles. The molecule has 31 heavy (non-hydrogen) atoms. The number of rotatable bonds is 5. The third-order valence-corrected chi connectivity index (χ3v) is 4.44. The van der Waals surface area contributed by atoms with Crippen LogP contribution in [0.5, 0.6) is 0 Å². The number of hydrogen-bond donors (Lipinski definition) is 2. The van der Waals surface area contributed by atoms with Crippen LogP contribution in [-0.2, 0) is 4.79 Å². The number of nitro groups is 1. The molecule has 0 radical (unpaired) electrons. The van der Waals surface area contributed by atoms with Crippen molar-refractivity contribution < 1.29 is 14.5 Å². The molecule has 2 N–H and O–H groups in total. The van der Waals surface area contributed by atoms with E-state index in [-0.39, 0.29) is 17.5 Å². The summed E-state index contributed by atoms with van der Waals surface area (Å²) in [7, 11) is 0. The van der Waals surface area contributed by atoms with E-state index in [1.807, 2.05) is 0 Å². The molecule has 160 valence electrons. The lowest BCUT2D eigenvalue weighted by atomic mass is 9.95. The number of hydrogen-bond acceptors (Lipinski definition) is 5. The normalized spacial score (nSPS) is 11.1. The van der Waals surface area contributed by atoms with E-state index in [0.717, 1.165) is 0 Å². The fraction of sp³-hybridized carbons (Fsp3) is 0.227. The van der Waals surface area contributed by atoms with E-state index in [0.29, 0.717) is 28.5 Å². The molecule has 1 heterocycles. The second kappa shape index (κ2) is 8.39. The van der Waals surface area contributed by atoms with E-state index < -0.39 is 10.3 Å². The number of nitro benzene ring substituents is 1. The molecule has 0 aliphatic rings. The summed E-state index contributed by atoms with van der Waals surface area (Å²) in [6, 6.07) is 14.2. The van der Waals surface area contributed by atoms with Gasteiger partial charge >= 0.3 is 0 Å². The van der Waals surface area contributed by atoms with E-state index in [9.17, 15) is 19.7 Å². The Morgan fingerprint density at radius 1 is 1.03 bits per heavy atom. The number of aryl methyl sites for hydroxylation is 1. The number of carbonyl (C=O) groups is 2. The van der Waals surface area contributed by atoms with E-state index in [1.165, 1.54) is 16.8 Å². The number of nitrogens with zero attached hydrogens (tertiary/aromatic N) is 3. The van der Waals surface area contributed by atoms with Crippen LogP contribution in [0.3, 0.4) is 0 Å². The van der Waals surface area contributed by atoms with Crippen LogP contribution in [-0.4, -0.2) is 26.5 Å². The molecule has 0 saturated heterocycles. The first-order valence-electron chi connectivity index (χ1n) is 9.59. The van der Waals surface area contributed by atoms with E-state index in [4.69, 9.17) is 0 Å². The predicted molar refractivity (Wildman–Crippen MR) is 117 cm³/mol. The first-order chi connectivity index (χ1) is 14.5. The third-order valence-electron chi connectivity index (χ3n) is 4.44. The summed E-state index contributed by atoms with van der Waals surface area (Å²) in [5.41, 5.74) is 1.52. The van der Waals surface area contributed by atoms with Crippen LogP contribution >= 0.6 is 0 Å². The van der Waals surface area contributed by atoms with Gasteiger partial charge in [0, 0.05) is 34.9 Å². The number of nitrogens with one attached hydrogen (secondary N) is 2. The molecule has 0 spiro atoms. The largest absolute Gasteiger partial charge is 0.326 e. The minimum atomic E-state index is -0.562. The van der Waals surface area contributed by atoms with Crippen molar-refractivity contribution in [1.29, 1.82) is 0 Å². The van der Waals surface area contributed by atoms with E-state index in [2.05, 4.69) is 15.7 Å². The van der Waals surface area contributed by atoms with E-state index >= 15 is 0 Å². The Labute approximate surface area is 179 Å². The molecule has 2 aromatic carbocycles. The molecule has 0 saturated carbocycles. The first kappa shape index (κ1) is 21.7. The lowest BCUT2D eigenvalue weighted by molar-refractivity contribution is -0.384. The van der Waals surface area contributed by atoms with Gasteiger partial charge in [-0.15, -0.1) is 0 Å². The van der Waals surface area contributed by atoms with Gasteiger partial charge in [-0.25, -0.2) is 4.68 Å². The van der Waals surface area contributed by atoms with Gasteiger partial charge in [0.15, 0.2) is 0 Å². The Kier molecular flexibility index (Phi) is 5.87. The topological polar surface area (TPSA) is 119 Å². The maximum Gasteiger partial charge on any atom is 0.269 e. The highest BCUT2D eigenvalue weighted by Crippen LogP contribution is 2.22. The maximum absolute atomic E-state index is 12.8. The summed E-state index contributed by atoms with van der Waals surface area (Å²) in [4.78, 5) is 35.4. The SMILES string of the molecule is Cc1cc(NC(=O)c2cccc(NC(=O)C(C)(C)C)c2)n(-c2ccc([N+](=O)[O-])cc2)n1. The van der Waals surface area contributed by atoms with Crippen LogP contribution in [0.2, 0.25) is 0 Å². The van der Waals surface area contributed by atoms with Crippen LogP contribution in [0.4, 0.5) is 17.2 Å². The van der Waals surface area contributed by atoms with Gasteiger partial charge in [-0.2, -0.15) is 5.10 Å². The van der Waals surface area contributed by atoms with Crippen molar-refractivity contribution in [2.24, 2.45) is 5.41 Å². The fourth-order valence-electron chi connectivity index (χ4n) is 2.75. The van der Waals surface area contributed by atoms with Crippen molar-refractivity contribution in [3.63, 3.8) is 0 Å². The Balaban J connectivity index is 1.82. The van der Waals surface area contributed by atoms with Gasteiger partial charge in [-0.3, -0.25) is 19.7 Å². The summed E-state index contributed by atoms with van der Waals surface area (Å²) in [5.74, 6) is -0.118. The van der Waals surface area contributed by atoms with Gasteiger partial charge in [-0.05, 0) is 37.3 Å². The molecular weight excluding hydrogens is 398 g/mol. The number of non-ortho nitro benzene ring substituents is 1. The molecule has 0 aliphatic heterocycles. The number of amides is 2. The zero-order valence-corrected chi connectivity index (χ0v) is 17.7. The van der Waals surface area contributed by atoms with Gasteiger partial charge in [0.05, 0.1) is 16.3 Å². The summed E-state index contributed by atoms with van der Waals surface area (Å²) in [6.07, 6.45) is 0. The predicted octanol–water partition coefficient (Wildman–Crippen LogP) is 4.33. The standard InChI is InChI=1S/C22H23N5O4/c1-14-12-19(26(25-14)17-8-10-18(11-9-17)27(30)31)24-20(28)15-6-5-7-16(13-15)23-21(29)22(2,3)4/h5-13H,1-4H3,(H,23,29)(H,24,28). The van der Waals surface area contributed by atoms with Crippen molar-refractivity contribution in [3.05, 3.63) is 76.0 Å². The fourth-order valence-corrected chi connectivity index (χ4v) is 2.75. The highest BCUT2D eigenvalue weighted by atomic mass is 16.6. The molecule has 0 unspecified atom stereocenters. The molecule has 3 rings (SSSR count). The lowest BCUT2D eigenvalue weighted by Crippen LogP contribution is -2.27. The Bertz CT molecular complexity index is 1140. The number of carbonyl (C=O) groups excluding carboxylic acids is 2. The number of aromatic nitrogens is 2. The van der Waals surface area contributed by atoms with Crippen molar-refractivity contribution in [3.8, 4) is 5.69 Å². The minimum Gasteiger partial charge on any atom is -0.326 e. The highest BCUT2D eigenvalue weighted by molar-refractivity contribution is 6.05. The number of anilines is 2. The average molecular weight is 421 g/mol. The van der Waals surface area contributed by atoms with Gasteiger partial charge in [-0.1, -0.05) is 26.8 Å². The van der Waals surface area contributed by atoms with Gasteiger partial charge in [0.2, 0.25) is 5.91 Å². The lowest BCUT2D eigenvalue weighted by Gasteiger charge is -2.18. The maximum atomic E-state index is 12.8. The van der Waals surface area contributed by atoms with Gasteiger partial charge in [0.25, 0.3) is 11.6 Å². The summed E-state index contributed by atoms with van der Waals surface area (Å²) < 4.78 is 1.50. The van der Waals surface area contributed by atoms with Gasteiger partial charge < -0.3 is 10.6 Å². The minimum absolute atomic E-state index is 0.0349. The Hall–Kier alpha value is -4.01. The average Bonchev–Trinajstić information content (AvgIpc) is 3.07. The van der Waals surface area contributed by atoms with Crippen molar-refractivity contribution in [2.75, 3.05) is 10.6 Å². The monoisotopic (exact) mass is 421 g/mol. The third kappa shape index (κ3) is 5.13. The van der Waals surface area contributed by atoms with Crippen LogP contribution in [0.15, 0.2) is 54.6 Å². The molecule has 0 bridgehead atoms. The molecule has 2 amide bonds. The summed E-state index contributed by atoms with van der Waals surface area (Å²) in [5, 5.41) is 20.8. The van der Waals surface area contributed by atoms with Crippen molar-refractivity contribution in [2.45, 2.75) is 27.7 Å². The van der Waals surface area contributed by atoms with Gasteiger partial charge in [0.1, 0.15) is 5.82 Å². The summed E-state index contributed by atoms with van der Waals surface area (Å²) in [6.45, 7) is 7.20. The Morgan fingerprint density at radius 3 is 2.32 bits per heavy atom. The second-order valence-electron chi connectivity index (χ2n) is 8.10. The molecule has 0 fully saturated rings. The first-order valence-corrected chi connectivity index (χ1v) is 9.59. The highest BCUT2D eigenvalue weighted by Gasteiger charge is 2.21. The molecule has 9 nitrogen and oxygen atoms in total.